The lowest BCUT2D eigenvalue weighted by atomic mass is 9.63. The molecule has 1 N–H and O–H groups in total. The number of carbonyl (C=O) groups excluding carboxylic acids is 2. The predicted molar refractivity (Wildman–Crippen MR) is 102 cm³/mol. The van der Waals surface area contributed by atoms with E-state index in [2.05, 4.69) is 5.32 Å². The molecule has 140 valence electrons. The largest absolute Gasteiger partial charge is 0.339 e. The fourth-order valence-electron chi connectivity index (χ4n) is 4.01. The maximum atomic E-state index is 13.6. The van der Waals surface area contributed by atoms with Crippen molar-refractivity contribution >= 4 is 17.5 Å². The van der Waals surface area contributed by atoms with Crippen LogP contribution in [-0.4, -0.2) is 29.8 Å². The smallest absolute Gasteiger partial charge is 0.253 e. The van der Waals surface area contributed by atoms with Gasteiger partial charge in [-0.25, -0.2) is 4.39 Å². The first kappa shape index (κ1) is 17.7. The summed E-state index contributed by atoms with van der Waals surface area (Å²) in [6, 6.07) is 13.4. The van der Waals surface area contributed by atoms with Gasteiger partial charge in [-0.3, -0.25) is 9.59 Å². The minimum Gasteiger partial charge on any atom is -0.339 e. The Hall–Kier alpha value is -2.69. The first-order chi connectivity index (χ1) is 13.1. The van der Waals surface area contributed by atoms with E-state index in [1.54, 1.807) is 30.3 Å². The van der Waals surface area contributed by atoms with E-state index < -0.39 is 5.41 Å². The Morgan fingerprint density at radius 2 is 1.67 bits per heavy atom. The third-order valence-electron chi connectivity index (χ3n) is 5.80. The minimum absolute atomic E-state index is 0.0422. The van der Waals surface area contributed by atoms with E-state index in [9.17, 15) is 14.0 Å². The van der Waals surface area contributed by atoms with Gasteiger partial charge >= 0.3 is 0 Å². The van der Waals surface area contributed by atoms with Crippen LogP contribution in [0.2, 0.25) is 0 Å². The highest BCUT2D eigenvalue weighted by Crippen LogP contribution is 2.44. The zero-order valence-electron chi connectivity index (χ0n) is 15.2. The molecule has 2 aliphatic rings. The highest BCUT2D eigenvalue weighted by molar-refractivity contribution is 6.00. The van der Waals surface area contributed by atoms with Gasteiger partial charge in [0, 0.05) is 24.3 Å². The maximum absolute atomic E-state index is 13.6. The summed E-state index contributed by atoms with van der Waals surface area (Å²) in [6.07, 6.45) is 4.50. The summed E-state index contributed by atoms with van der Waals surface area (Å²) in [6.45, 7) is 1.63. The first-order valence-electron chi connectivity index (χ1n) is 9.55. The molecule has 5 heteroatoms. The number of amides is 2. The molecule has 0 atom stereocenters. The molecule has 4 rings (SSSR count). The molecule has 1 heterocycles. The predicted octanol–water partition coefficient (Wildman–Crippen LogP) is 4.12. The van der Waals surface area contributed by atoms with Crippen LogP contribution >= 0.6 is 0 Å². The van der Waals surface area contributed by atoms with E-state index in [0.29, 0.717) is 24.1 Å². The maximum Gasteiger partial charge on any atom is 0.253 e. The van der Waals surface area contributed by atoms with Crippen molar-refractivity contribution in [2.24, 2.45) is 0 Å². The quantitative estimate of drug-likeness (QED) is 0.885. The molecule has 2 aromatic rings. The van der Waals surface area contributed by atoms with Crippen LogP contribution in [0.15, 0.2) is 48.5 Å². The van der Waals surface area contributed by atoms with Crippen LogP contribution in [0.1, 0.15) is 48.0 Å². The number of likely N-dealkylation sites (tertiary alicyclic amines) is 1. The number of rotatable bonds is 4. The molecule has 0 spiro atoms. The molecule has 2 amide bonds. The monoisotopic (exact) mass is 366 g/mol. The first-order valence-corrected chi connectivity index (χ1v) is 9.55. The van der Waals surface area contributed by atoms with Crippen molar-refractivity contribution in [1.29, 1.82) is 0 Å². The molecule has 1 saturated heterocycles. The molecule has 0 unspecified atom stereocenters. The number of hydrogen-bond acceptors (Lipinski definition) is 2. The third kappa shape index (κ3) is 3.34. The van der Waals surface area contributed by atoms with Gasteiger partial charge in [0.1, 0.15) is 5.82 Å². The van der Waals surface area contributed by atoms with Gasteiger partial charge in [0.2, 0.25) is 5.91 Å². The molecule has 0 aromatic heterocycles. The summed E-state index contributed by atoms with van der Waals surface area (Å²) in [7, 11) is 0. The van der Waals surface area contributed by atoms with Crippen molar-refractivity contribution in [3.05, 3.63) is 65.5 Å². The average molecular weight is 366 g/mol. The Balaban J connectivity index is 1.48. The summed E-state index contributed by atoms with van der Waals surface area (Å²) in [5.41, 5.74) is 1.36. The van der Waals surface area contributed by atoms with E-state index in [0.717, 1.165) is 37.9 Å². The Morgan fingerprint density at radius 3 is 2.26 bits per heavy atom. The number of nitrogens with zero attached hydrogens (tertiary/aromatic N) is 1. The Kier molecular flexibility index (Phi) is 4.68. The van der Waals surface area contributed by atoms with Gasteiger partial charge in [-0.1, -0.05) is 18.6 Å². The van der Waals surface area contributed by atoms with Crippen LogP contribution in [0.4, 0.5) is 10.1 Å². The number of anilines is 1. The summed E-state index contributed by atoms with van der Waals surface area (Å²) in [5.74, 6) is -0.394. The fraction of sp³-hybridized carbons (Fsp3) is 0.364. The highest BCUT2D eigenvalue weighted by atomic mass is 19.1. The topological polar surface area (TPSA) is 49.4 Å². The SMILES string of the molecule is O=C(c1ccc(NC(=O)C2(c3cccc(F)c3)CCC2)cc1)N1CCCC1. The number of carbonyl (C=O) groups is 2. The summed E-state index contributed by atoms with van der Waals surface area (Å²) < 4.78 is 13.6. The van der Waals surface area contributed by atoms with Crippen molar-refractivity contribution in [2.45, 2.75) is 37.5 Å². The third-order valence-corrected chi connectivity index (χ3v) is 5.80. The second-order valence-corrected chi connectivity index (χ2v) is 7.48. The number of hydrogen-bond donors (Lipinski definition) is 1. The molecule has 2 fully saturated rings. The van der Waals surface area contributed by atoms with Gasteiger partial charge < -0.3 is 10.2 Å². The van der Waals surface area contributed by atoms with E-state index in [1.807, 2.05) is 11.0 Å². The van der Waals surface area contributed by atoms with Gasteiger partial charge in [0.05, 0.1) is 5.41 Å². The van der Waals surface area contributed by atoms with E-state index in [1.165, 1.54) is 12.1 Å². The van der Waals surface area contributed by atoms with Crippen molar-refractivity contribution in [1.82, 2.24) is 4.90 Å². The normalized spacial score (nSPS) is 18.0. The number of benzene rings is 2. The standard InChI is InChI=1S/C22H23FN2O2/c23-18-6-3-5-17(15-18)22(11-4-12-22)21(27)24-19-9-7-16(8-10-19)20(26)25-13-1-2-14-25/h3,5-10,15H,1-2,4,11-14H2,(H,24,27). The fourth-order valence-corrected chi connectivity index (χ4v) is 4.01. The van der Waals surface area contributed by atoms with Crippen LogP contribution in [0, 0.1) is 5.82 Å². The summed E-state index contributed by atoms with van der Waals surface area (Å²) >= 11 is 0. The average Bonchev–Trinajstić information content (AvgIpc) is 3.15. The van der Waals surface area contributed by atoms with Crippen molar-refractivity contribution < 1.29 is 14.0 Å². The zero-order valence-corrected chi connectivity index (χ0v) is 15.2. The summed E-state index contributed by atoms with van der Waals surface area (Å²) in [5, 5.41) is 2.95. The molecule has 1 saturated carbocycles. The van der Waals surface area contributed by atoms with Crippen LogP contribution in [0.5, 0.6) is 0 Å². The van der Waals surface area contributed by atoms with E-state index in [-0.39, 0.29) is 17.6 Å². The minimum atomic E-state index is -0.661. The Bertz CT molecular complexity index is 853. The highest BCUT2D eigenvalue weighted by Gasteiger charge is 2.45. The van der Waals surface area contributed by atoms with Gasteiger partial charge in [0.15, 0.2) is 0 Å². The molecular formula is C22H23FN2O2. The van der Waals surface area contributed by atoms with Crippen LogP contribution in [0.3, 0.4) is 0 Å². The van der Waals surface area contributed by atoms with Gasteiger partial charge in [-0.15, -0.1) is 0 Å². The number of nitrogens with one attached hydrogen (secondary N) is 1. The van der Waals surface area contributed by atoms with Crippen LogP contribution in [-0.2, 0) is 10.2 Å². The molecular weight excluding hydrogens is 343 g/mol. The zero-order chi connectivity index (χ0) is 18.9. The second-order valence-electron chi connectivity index (χ2n) is 7.48. The summed E-state index contributed by atoms with van der Waals surface area (Å²) in [4.78, 5) is 27.2. The van der Waals surface area contributed by atoms with Crippen LogP contribution in [0.25, 0.3) is 0 Å². The van der Waals surface area contributed by atoms with Crippen LogP contribution < -0.4 is 5.32 Å². The molecule has 1 aliphatic heterocycles. The molecule has 0 radical (unpaired) electrons. The second kappa shape index (κ2) is 7.14. The van der Waals surface area contributed by atoms with Crippen molar-refractivity contribution in [2.75, 3.05) is 18.4 Å². The molecule has 1 aliphatic carbocycles. The van der Waals surface area contributed by atoms with E-state index >= 15 is 0 Å². The van der Waals surface area contributed by atoms with Gasteiger partial charge in [-0.2, -0.15) is 0 Å². The Morgan fingerprint density at radius 1 is 0.963 bits per heavy atom. The van der Waals surface area contributed by atoms with Gasteiger partial charge in [0.25, 0.3) is 5.91 Å². The molecule has 4 nitrogen and oxygen atoms in total. The molecule has 2 aromatic carbocycles. The van der Waals surface area contributed by atoms with Crippen molar-refractivity contribution in [3.63, 3.8) is 0 Å². The lowest BCUT2D eigenvalue weighted by molar-refractivity contribution is -0.124. The van der Waals surface area contributed by atoms with Crippen molar-refractivity contribution in [3.8, 4) is 0 Å². The lowest BCUT2D eigenvalue weighted by Crippen LogP contribution is -2.46. The number of halogens is 1. The van der Waals surface area contributed by atoms with Gasteiger partial charge in [-0.05, 0) is 67.6 Å². The lowest BCUT2D eigenvalue weighted by Gasteiger charge is -2.40. The Labute approximate surface area is 158 Å². The molecule has 0 bridgehead atoms. The molecule has 27 heavy (non-hydrogen) atoms. The van der Waals surface area contributed by atoms with E-state index in [4.69, 9.17) is 0 Å².